The molecule has 2 atom stereocenters. The van der Waals surface area contributed by atoms with Crippen molar-refractivity contribution in [1.82, 2.24) is 19.9 Å². The number of aromatic nitrogens is 2. The molecule has 0 spiro atoms. The van der Waals surface area contributed by atoms with Gasteiger partial charge in [-0.1, -0.05) is 11.2 Å². The molecule has 10 heteroatoms. The first-order valence-corrected chi connectivity index (χ1v) is 10.2. The van der Waals surface area contributed by atoms with E-state index in [2.05, 4.69) is 16.7 Å². The third-order valence-electron chi connectivity index (χ3n) is 6.01. The first-order valence-electron chi connectivity index (χ1n) is 10.2. The summed E-state index contributed by atoms with van der Waals surface area (Å²) in [5.74, 6) is -1.02. The molecule has 4 rings (SSSR count). The molecule has 0 radical (unpaired) electrons. The van der Waals surface area contributed by atoms with Crippen molar-refractivity contribution in [2.75, 3.05) is 26.2 Å². The van der Waals surface area contributed by atoms with Crippen LogP contribution in [0.2, 0.25) is 0 Å². The molecule has 0 bridgehead atoms. The number of hydrogen-bond acceptors (Lipinski definition) is 5. The molecule has 2 fully saturated rings. The van der Waals surface area contributed by atoms with Crippen LogP contribution in [0.3, 0.4) is 0 Å². The molecule has 166 valence electrons. The van der Waals surface area contributed by atoms with Crippen LogP contribution in [0.4, 0.5) is 13.2 Å². The van der Waals surface area contributed by atoms with Gasteiger partial charge in [0, 0.05) is 38.5 Å². The number of nitrogens with zero attached hydrogens (tertiary/aromatic N) is 4. The van der Waals surface area contributed by atoms with Crippen molar-refractivity contribution in [2.24, 2.45) is 5.92 Å². The summed E-state index contributed by atoms with van der Waals surface area (Å²) in [7, 11) is 0. The van der Waals surface area contributed by atoms with Gasteiger partial charge in [0.2, 0.25) is 11.8 Å². The van der Waals surface area contributed by atoms with Gasteiger partial charge in [0.25, 0.3) is 5.71 Å². The second-order valence-electron chi connectivity index (χ2n) is 8.15. The lowest BCUT2D eigenvalue weighted by Gasteiger charge is -2.34. The maximum Gasteiger partial charge on any atom is 0.417 e. The number of alkyl halides is 3. The van der Waals surface area contributed by atoms with Crippen LogP contribution in [-0.4, -0.2) is 57.9 Å². The van der Waals surface area contributed by atoms with Gasteiger partial charge in [-0.3, -0.25) is 9.59 Å². The van der Waals surface area contributed by atoms with Crippen LogP contribution in [0.25, 0.3) is 11.1 Å². The Labute approximate surface area is 176 Å². The van der Waals surface area contributed by atoms with Crippen LogP contribution in [-0.2, 0) is 15.8 Å². The summed E-state index contributed by atoms with van der Waals surface area (Å²) in [5.41, 5.74) is -0.593. The fourth-order valence-corrected chi connectivity index (χ4v) is 4.49. The minimum atomic E-state index is -4.57. The van der Waals surface area contributed by atoms with Crippen molar-refractivity contribution in [3.05, 3.63) is 35.7 Å². The zero-order chi connectivity index (χ0) is 22.3. The Bertz CT molecular complexity index is 1030. The molecule has 4 heterocycles. The van der Waals surface area contributed by atoms with E-state index in [9.17, 15) is 22.8 Å². The van der Waals surface area contributed by atoms with Crippen LogP contribution in [0, 0.1) is 12.8 Å². The van der Waals surface area contributed by atoms with E-state index in [1.165, 1.54) is 6.92 Å². The zero-order valence-electron chi connectivity index (χ0n) is 17.1. The van der Waals surface area contributed by atoms with Crippen LogP contribution in [0.5, 0.6) is 0 Å². The smallest absolute Gasteiger partial charge is 0.342 e. The van der Waals surface area contributed by atoms with E-state index in [0.29, 0.717) is 32.5 Å². The average Bonchev–Trinajstić information content (AvgIpc) is 3.29. The summed E-state index contributed by atoms with van der Waals surface area (Å²) in [6.07, 6.45) is -1.56. The molecule has 2 amide bonds. The van der Waals surface area contributed by atoms with Gasteiger partial charge in [-0.05, 0) is 25.8 Å². The standard InChI is InChI=1S/C21H23F3N4O3/c1-3-6-27-11-14(8-17(27)29)20(30)28-7-4-5-13(10-28)16-9-15(21(22,23)24)18-12(2)26-31-19(18)25-16/h3,9,13-14H,1,4-8,10-11H2,2H3/t13-,14+/m0/s1. The number of piperidine rings is 1. The van der Waals surface area contributed by atoms with Gasteiger partial charge in [-0.25, -0.2) is 4.98 Å². The third kappa shape index (κ3) is 4.03. The summed E-state index contributed by atoms with van der Waals surface area (Å²) in [5, 5.41) is 3.50. The Hall–Kier alpha value is -2.91. The van der Waals surface area contributed by atoms with Crippen LogP contribution in [0.1, 0.15) is 42.1 Å². The molecule has 2 saturated heterocycles. The number of halogens is 3. The quantitative estimate of drug-likeness (QED) is 0.688. The number of amides is 2. The van der Waals surface area contributed by atoms with Crippen LogP contribution >= 0.6 is 0 Å². The molecule has 2 aromatic heterocycles. The van der Waals surface area contributed by atoms with Crippen molar-refractivity contribution in [3.63, 3.8) is 0 Å². The predicted octanol–water partition coefficient (Wildman–Crippen LogP) is 3.29. The average molecular weight is 436 g/mol. The summed E-state index contributed by atoms with van der Waals surface area (Å²) < 4.78 is 46.0. The third-order valence-corrected chi connectivity index (χ3v) is 6.01. The lowest BCUT2D eigenvalue weighted by Crippen LogP contribution is -2.43. The van der Waals surface area contributed by atoms with Gasteiger partial charge in [-0.2, -0.15) is 13.2 Å². The molecule has 0 saturated carbocycles. The Balaban J connectivity index is 1.56. The number of carbonyl (C=O) groups is 2. The summed E-state index contributed by atoms with van der Waals surface area (Å²) >= 11 is 0. The molecular formula is C21H23F3N4O3. The lowest BCUT2D eigenvalue weighted by molar-refractivity contribution is -0.137. The first-order chi connectivity index (χ1) is 14.7. The molecule has 2 aliphatic heterocycles. The largest absolute Gasteiger partial charge is 0.417 e. The number of fused-ring (bicyclic) bond motifs is 1. The minimum absolute atomic E-state index is 0.0885. The Morgan fingerprint density at radius 1 is 1.39 bits per heavy atom. The van der Waals surface area contributed by atoms with Gasteiger partial charge in [0.1, 0.15) is 0 Å². The predicted molar refractivity (Wildman–Crippen MR) is 105 cm³/mol. The van der Waals surface area contributed by atoms with Gasteiger partial charge in [-0.15, -0.1) is 6.58 Å². The van der Waals surface area contributed by atoms with Crippen LogP contribution in [0.15, 0.2) is 23.2 Å². The van der Waals surface area contributed by atoms with E-state index < -0.39 is 17.7 Å². The molecule has 0 aliphatic carbocycles. The fraction of sp³-hybridized carbons (Fsp3) is 0.524. The number of likely N-dealkylation sites (tertiary alicyclic amines) is 2. The molecule has 0 N–H and O–H groups in total. The monoisotopic (exact) mass is 436 g/mol. The van der Waals surface area contributed by atoms with E-state index in [0.717, 1.165) is 6.07 Å². The van der Waals surface area contributed by atoms with Crippen molar-refractivity contribution >= 4 is 22.9 Å². The zero-order valence-corrected chi connectivity index (χ0v) is 17.1. The summed E-state index contributed by atoms with van der Waals surface area (Å²) in [6, 6.07) is 1.05. The van der Waals surface area contributed by atoms with Gasteiger partial charge in [0.05, 0.1) is 28.3 Å². The second kappa shape index (κ2) is 7.97. The van der Waals surface area contributed by atoms with E-state index in [4.69, 9.17) is 4.52 Å². The molecule has 7 nitrogen and oxygen atoms in total. The SMILES string of the molecule is C=CCN1C[C@H](C(=O)N2CCC[C@H](c3cc(C(F)(F)F)c4c(C)noc4n3)C2)CC1=O. The lowest BCUT2D eigenvalue weighted by atomic mass is 9.91. The maximum atomic E-state index is 13.7. The van der Waals surface area contributed by atoms with Crippen molar-refractivity contribution < 1.29 is 27.3 Å². The van der Waals surface area contributed by atoms with E-state index >= 15 is 0 Å². The molecule has 2 aliphatic rings. The summed E-state index contributed by atoms with van der Waals surface area (Å²) in [4.78, 5) is 32.6. The highest BCUT2D eigenvalue weighted by Gasteiger charge is 2.39. The number of aryl methyl sites for hydroxylation is 1. The number of hydrogen-bond donors (Lipinski definition) is 0. The highest BCUT2D eigenvalue weighted by molar-refractivity contribution is 5.89. The van der Waals surface area contributed by atoms with Gasteiger partial charge >= 0.3 is 6.18 Å². The highest BCUT2D eigenvalue weighted by atomic mass is 19.4. The first kappa shape index (κ1) is 21.3. The Morgan fingerprint density at radius 2 is 2.16 bits per heavy atom. The molecule has 31 heavy (non-hydrogen) atoms. The normalized spacial score (nSPS) is 22.4. The van der Waals surface area contributed by atoms with Crippen molar-refractivity contribution in [1.29, 1.82) is 0 Å². The molecule has 0 aromatic carbocycles. The molecule has 0 unspecified atom stereocenters. The Morgan fingerprint density at radius 3 is 2.87 bits per heavy atom. The van der Waals surface area contributed by atoms with Gasteiger partial charge in [0.15, 0.2) is 0 Å². The van der Waals surface area contributed by atoms with Gasteiger partial charge < -0.3 is 14.3 Å². The highest BCUT2D eigenvalue weighted by Crippen LogP contribution is 2.38. The summed E-state index contributed by atoms with van der Waals surface area (Å²) in [6.45, 7) is 6.57. The maximum absolute atomic E-state index is 13.7. The number of pyridine rings is 1. The van der Waals surface area contributed by atoms with Crippen molar-refractivity contribution in [3.8, 4) is 0 Å². The topological polar surface area (TPSA) is 79.5 Å². The molecule has 2 aromatic rings. The fourth-order valence-electron chi connectivity index (χ4n) is 4.49. The number of rotatable bonds is 4. The van der Waals surface area contributed by atoms with E-state index in [1.54, 1.807) is 15.9 Å². The second-order valence-corrected chi connectivity index (χ2v) is 8.15. The minimum Gasteiger partial charge on any atom is -0.342 e. The van der Waals surface area contributed by atoms with Crippen molar-refractivity contribution in [2.45, 2.75) is 38.3 Å². The molecular weight excluding hydrogens is 413 g/mol. The van der Waals surface area contributed by atoms with E-state index in [-0.39, 0.29) is 53.2 Å². The van der Waals surface area contributed by atoms with Crippen LogP contribution < -0.4 is 0 Å². The van der Waals surface area contributed by atoms with E-state index in [1.807, 2.05) is 0 Å². The Kier molecular flexibility index (Phi) is 5.49. The number of carbonyl (C=O) groups excluding carboxylic acids is 2.